The summed E-state index contributed by atoms with van der Waals surface area (Å²) in [6, 6.07) is 1.44. The molecule has 2 aliphatic heterocycles. The monoisotopic (exact) mass is 493 g/mol. The van der Waals surface area contributed by atoms with Crippen molar-refractivity contribution in [3.63, 3.8) is 0 Å². The number of amides is 2. The zero-order valence-corrected chi connectivity index (χ0v) is 19.5. The highest BCUT2D eigenvalue weighted by molar-refractivity contribution is 7.17. The summed E-state index contributed by atoms with van der Waals surface area (Å²) in [7, 11) is 0. The maximum Gasteiger partial charge on any atom is 0.262 e. The van der Waals surface area contributed by atoms with Crippen molar-refractivity contribution in [3.05, 3.63) is 35.2 Å². The number of carbonyl (C=O) groups excluding carboxylic acids is 3. The summed E-state index contributed by atoms with van der Waals surface area (Å²) in [5.74, 6) is -1.49. The zero-order valence-electron chi connectivity index (χ0n) is 17.9. The predicted molar refractivity (Wildman–Crippen MR) is 122 cm³/mol. The molecule has 10 heteroatoms. The van der Waals surface area contributed by atoms with Crippen LogP contribution in [0.4, 0.5) is 4.39 Å². The van der Waals surface area contributed by atoms with E-state index < -0.39 is 35.3 Å². The van der Waals surface area contributed by atoms with Gasteiger partial charge in [-0.2, -0.15) is 0 Å². The van der Waals surface area contributed by atoms with Gasteiger partial charge in [0, 0.05) is 24.5 Å². The Labute approximate surface area is 199 Å². The number of Topliss-reactive ketones (excluding diaryl/α,β-unsaturated/α-hetero) is 1. The lowest BCUT2D eigenvalue weighted by molar-refractivity contribution is -0.139. The van der Waals surface area contributed by atoms with Gasteiger partial charge in [-0.15, -0.1) is 22.9 Å². The van der Waals surface area contributed by atoms with E-state index in [0.29, 0.717) is 10.4 Å². The topological polar surface area (TPSA) is 91.5 Å². The first-order chi connectivity index (χ1) is 15.9. The number of H-pyrrole nitrogens is 1. The highest BCUT2D eigenvalue weighted by atomic mass is 35.5. The number of rotatable bonds is 5. The van der Waals surface area contributed by atoms with Gasteiger partial charge in [0.1, 0.15) is 30.6 Å². The van der Waals surface area contributed by atoms with E-state index >= 15 is 0 Å². The van der Waals surface area contributed by atoms with Crippen LogP contribution in [0.25, 0.3) is 10.4 Å². The van der Waals surface area contributed by atoms with Crippen LogP contribution in [0, 0.1) is 11.7 Å². The van der Waals surface area contributed by atoms with Gasteiger partial charge < -0.3 is 19.9 Å². The molecule has 7 nitrogen and oxygen atoms in total. The molecule has 1 aliphatic carbocycles. The number of aromatic nitrogens is 1. The van der Waals surface area contributed by atoms with Crippen LogP contribution >= 0.6 is 22.9 Å². The summed E-state index contributed by atoms with van der Waals surface area (Å²) < 4.78 is 20.0. The number of nitrogens with one attached hydrogen (secondary N) is 2. The Bertz CT molecular complexity index is 1050. The molecule has 3 aliphatic rings. The molecule has 4 atom stereocenters. The minimum Gasteiger partial charge on any atom is -0.367 e. The summed E-state index contributed by atoms with van der Waals surface area (Å²) in [4.78, 5) is 44.2. The molecule has 2 saturated heterocycles. The van der Waals surface area contributed by atoms with Crippen LogP contribution in [0.15, 0.2) is 24.5 Å². The summed E-state index contributed by atoms with van der Waals surface area (Å²) in [5.41, 5.74) is 0.660. The number of ether oxygens (including phenoxy) is 1. The van der Waals surface area contributed by atoms with Crippen LogP contribution in [0.1, 0.15) is 41.8 Å². The SMILES string of the molecule is O=C(N[C@H](C(=O)N1C[C@H](Cl)[C@H]2OCC(=O)[C@H]21)C1CCCCC1)c1cc(F)c(-c2cc[nH]c2)s1. The van der Waals surface area contributed by atoms with Crippen molar-refractivity contribution in [2.75, 3.05) is 13.2 Å². The van der Waals surface area contributed by atoms with E-state index in [9.17, 15) is 18.8 Å². The molecule has 33 heavy (non-hydrogen) atoms. The maximum atomic E-state index is 14.5. The van der Waals surface area contributed by atoms with Crippen molar-refractivity contribution in [1.29, 1.82) is 0 Å². The lowest BCUT2D eigenvalue weighted by atomic mass is 9.83. The van der Waals surface area contributed by atoms with E-state index in [1.807, 2.05) is 0 Å². The highest BCUT2D eigenvalue weighted by Gasteiger charge is 2.53. The largest absolute Gasteiger partial charge is 0.367 e. The Morgan fingerprint density at radius 3 is 2.82 bits per heavy atom. The third-order valence-electron chi connectivity index (χ3n) is 6.85. The Kier molecular flexibility index (Phi) is 6.28. The first-order valence-corrected chi connectivity index (χ1v) is 12.5. The first-order valence-electron chi connectivity index (χ1n) is 11.3. The molecule has 2 aromatic heterocycles. The molecular formula is C23H25ClFN3O4S. The average Bonchev–Trinajstić information content (AvgIpc) is 3.59. The summed E-state index contributed by atoms with van der Waals surface area (Å²) in [5, 5.41) is 2.42. The van der Waals surface area contributed by atoms with E-state index in [4.69, 9.17) is 16.3 Å². The number of alkyl halides is 1. The lowest BCUT2D eigenvalue weighted by Crippen LogP contribution is -2.55. The molecule has 0 aromatic carbocycles. The van der Waals surface area contributed by atoms with E-state index in [0.717, 1.165) is 43.4 Å². The van der Waals surface area contributed by atoms with Gasteiger partial charge in [-0.1, -0.05) is 19.3 Å². The van der Waals surface area contributed by atoms with E-state index in [1.54, 1.807) is 18.5 Å². The number of thiophene rings is 1. The number of ketones is 1. The van der Waals surface area contributed by atoms with Gasteiger partial charge >= 0.3 is 0 Å². The molecule has 0 unspecified atom stereocenters. The molecule has 3 fully saturated rings. The predicted octanol–water partition coefficient (Wildman–Crippen LogP) is 3.35. The van der Waals surface area contributed by atoms with Gasteiger partial charge in [0.2, 0.25) is 5.91 Å². The number of hydrogen-bond donors (Lipinski definition) is 2. The molecule has 0 bridgehead atoms. The quantitative estimate of drug-likeness (QED) is 0.625. The van der Waals surface area contributed by atoms with Gasteiger partial charge in [0.25, 0.3) is 5.91 Å². The summed E-state index contributed by atoms with van der Waals surface area (Å²) >= 11 is 7.42. The van der Waals surface area contributed by atoms with Crippen molar-refractivity contribution < 1.29 is 23.5 Å². The molecule has 5 rings (SSSR count). The van der Waals surface area contributed by atoms with E-state index in [1.165, 1.54) is 11.0 Å². The molecule has 176 valence electrons. The second-order valence-electron chi connectivity index (χ2n) is 8.93. The number of aromatic amines is 1. The van der Waals surface area contributed by atoms with Gasteiger partial charge in [0.15, 0.2) is 5.78 Å². The van der Waals surface area contributed by atoms with Crippen LogP contribution < -0.4 is 5.32 Å². The fraction of sp³-hybridized carbons (Fsp3) is 0.522. The van der Waals surface area contributed by atoms with Gasteiger partial charge in [-0.25, -0.2) is 4.39 Å². The number of carbonyl (C=O) groups is 3. The second-order valence-corrected chi connectivity index (χ2v) is 10.5. The fourth-order valence-electron chi connectivity index (χ4n) is 5.21. The minimum atomic E-state index is -0.797. The molecule has 0 radical (unpaired) electrons. The van der Waals surface area contributed by atoms with Gasteiger partial charge in [0.05, 0.1) is 15.1 Å². The molecule has 1 saturated carbocycles. The van der Waals surface area contributed by atoms with Crippen LogP contribution in [-0.2, 0) is 14.3 Å². The first kappa shape index (κ1) is 22.6. The molecular weight excluding hydrogens is 469 g/mol. The van der Waals surface area contributed by atoms with E-state index in [2.05, 4.69) is 10.3 Å². The maximum absolute atomic E-state index is 14.5. The number of hydrogen-bond acceptors (Lipinski definition) is 5. The standard InChI is InChI=1S/C23H25ClFN3O4S/c24-14-10-28(19-16(29)11-32-20(14)19)23(31)18(12-4-2-1-3-5-12)27-22(30)17-8-15(25)21(33-17)13-6-7-26-9-13/h6-9,12,14,18-20,26H,1-5,10-11H2,(H,27,30)/t14-,18-,19+,20+/m0/s1. The molecule has 2 amide bonds. The molecule has 0 spiro atoms. The lowest BCUT2D eigenvalue weighted by Gasteiger charge is -2.34. The van der Waals surface area contributed by atoms with E-state index in [-0.39, 0.29) is 35.6 Å². The highest BCUT2D eigenvalue weighted by Crippen LogP contribution is 2.35. The Morgan fingerprint density at radius 1 is 1.30 bits per heavy atom. The van der Waals surface area contributed by atoms with Gasteiger partial charge in [-0.3, -0.25) is 14.4 Å². The zero-order chi connectivity index (χ0) is 23.1. The van der Waals surface area contributed by atoms with Crippen molar-refractivity contribution >= 4 is 40.5 Å². The third-order valence-corrected chi connectivity index (χ3v) is 8.39. The van der Waals surface area contributed by atoms with Crippen LogP contribution in [0.2, 0.25) is 0 Å². The summed E-state index contributed by atoms with van der Waals surface area (Å²) in [6.07, 6.45) is 7.49. The third kappa shape index (κ3) is 4.22. The van der Waals surface area contributed by atoms with Crippen LogP contribution in [-0.4, -0.2) is 64.2 Å². The normalized spacial score (nSPS) is 26.4. The van der Waals surface area contributed by atoms with Crippen molar-refractivity contribution in [3.8, 4) is 10.4 Å². The second kappa shape index (κ2) is 9.19. The van der Waals surface area contributed by atoms with Crippen molar-refractivity contribution in [1.82, 2.24) is 15.2 Å². The Morgan fingerprint density at radius 2 is 2.09 bits per heavy atom. The number of fused-ring (bicyclic) bond motifs is 1. The smallest absolute Gasteiger partial charge is 0.262 e. The number of halogens is 2. The summed E-state index contributed by atoms with van der Waals surface area (Å²) in [6.45, 7) is 0.144. The number of nitrogens with zero attached hydrogens (tertiary/aromatic N) is 1. The molecule has 2 N–H and O–H groups in total. The number of likely N-dealkylation sites (tertiary alicyclic amines) is 1. The molecule has 4 heterocycles. The van der Waals surface area contributed by atoms with Crippen molar-refractivity contribution in [2.45, 2.75) is 55.7 Å². The van der Waals surface area contributed by atoms with Crippen LogP contribution in [0.3, 0.4) is 0 Å². The Hall–Kier alpha value is -2.23. The fourth-order valence-corrected chi connectivity index (χ4v) is 6.50. The van der Waals surface area contributed by atoms with Gasteiger partial charge in [-0.05, 0) is 30.9 Å². The average molecular weight is 494 g/mol. The van der Waals surface area contributed by atoms with Crippen molar-refractivity contribution in [2.24, 2.45) is 5.92 Å². The molecule has 2 aromatic rings. The van der Waals surface area contributed by atoms with Crippen LogP contribution in [0.5, 0.6) is 0 Å². The Balaban J connectivity index is 1.39. The minimum absolute atomic E-state index is 0.0468.